The largest absolute Gasteiger partial charge is 0.465 e. The first-order valence-electron chi connectivity index (χ1n) is 6.98. The molecule has 0 aromatic heterocycles. The van der Waals surface area contributed by atoms with E-state index in [1.54, 1.807) is 6.92 Å². The lowest BCUT2D eigenvalue weighted by molar-refractivity contribution is -0.147. The molecule has 2 rings (SSSR count). The molecule has 1 aromatic rings. The smallest absolute Gasteiger partial charge is 0.325 e. The van der Waals surface area contributed by atoms with Gasteiger partial charge in [-0.1, -0.05) is 12.1 Å². The zero-order chi connectivity index (χ0) is 14.7. The van der Waals surface area contributed by atoms with E-state index >= 15 is 0 Å². The molecule has 0 aliphatic carbocycles. The van der Waals surface area contributed by atoms with Crippen molar-refractivity contribution in [2.75, 3.05) is 25.1 Å². The van der Waals surface area contributed by atoms with Crippen LogP contribution in [0.2, 0.25) is 0 Å². The molecule has 0 spiro atoms. The van der Waals surface area contributed by atoms with Gasteiger partial charge in [-0.25, -0.2) is 0 Å². The minimum Gasteiger partial charge on any atom is -0.465 e. The van der Waals surface area contributed by atoms with Crippen molar-refractivity contribution >= 4 is 11.7 Å². The Labute approximate surface area is 119 Å². The molecular formula is C15H22N2O3. The number of hydrogen-bond acceptors (Lipinski definition) is 5. The summed E-state index contributed by atoms with van der Waals surface area (Å²) in [4.78, 5) is 13.8. The minimum atomic E-state index is -1.05. The van der Waals surface area contributed by atoms with E-state index < -0.39 is 18.1 Å². The van der Waals surface area contributed by atoms with Crippen LogP contribution in [0.3, 0.4) is 0 Å². The Morgan fingerprint density at radius 1 is 1.55 bits per heavy atom. The van der Waals surface area contributed by atoms with Crippen molar-refractivity contribution in [2.45, 2.75) is 31.9 Å². The van der Waals surface area contributed by atoms with E-state index in [0.717, 1.165) is 19.4 Å². The van der Waals surface area contributed by atoms with Gasteiger partial charge < -0.3 is 20.5 Å². The average molecular weight is 278 g/mol. The number of aliphatic hydroxyl groups excluding tert-OH is 1. The summed E-state index contributed by atoms with van der Waals surface area (Å²) in [5.41, 5.74) is 8.78. The molecule has 0 amide bonds. The monoisotopic (exact) mass is 278 g/mol. The molecule has 3 N–H and O–H groups in total. The lowest BCUT2D eigenvalue weighted by atomic mass is 9.95. The van der Waals surface area contributed by atoms with Crippen LogP contribution in [0.1, 0.15) is 30.6 Å². The molecule has 0 bridgehead atoms. The third-order valence-corrected chi connectivity index (χ3v) is 3.69. The Kier molecular flexibility index (Phi) is 4.62. The summed E-state index contributed by atoms with van der Waals surface area (Å²) in [5.74, 6) is -0.574. The van der Waals surface area contributed by atoms with Crippen molar-refractivity contribution in [1.29, 1.82) is 0 Å². The van der Waals surface area contributed by atoms with E-state index in [0.29, 0.717) is 5.56 Å². The summed E-state index contributed by atoms with van der Waals surface area (Å²) < 4.78 is 4.84. The van der Waals surface area contributed by atoms with Crippen molar-refractivity contribution < 1.29 is 14.6 Å². The second-order valence-corrected chi connectivity index (χ2v) is 5.14. The molecule has 1 aliphatic heterocycles. The first kappa shape index (κ1) is 14.8. The molecule has 0 saturated carbocycles. The lowest BCUT2D eigenvalue weighted by Crippen LogP contribution is -2.38. The van der Waals surface area contributed by atoms with Gasteiger partial charge >= 0.3 is 5.97 Å². The number of carbonyl (C=O) groups excluding carboxylic acids is 1. The van der Waals surface area contributed by atoms with E-state index in [2.05, 4.69) is 11.9 Å². The van der Waals surface area contributed by atoms with Crippen molar-refractivity contribution in [3.63, 3.8) is 0 Å². The van der Waals surface area contributed by atoms with Crippen LogP contribution in [-0.2, 0) is 16.0 Å². The van der Waals surface area contributed by atoms with Crippen LogP contribution in [0.25, 0.3) is 0 Å². The summed E-state index contributed by atoms with van der Waals surface area (Å²) in [5, 5.41) is 10.2. The van der Waals surface area contributed by atoms with Crippen molar-refractivity contribution in [1.82, 2.24) is 0 Å². The number of benzene rings is 1. The highest BCUT2D eigenvalue weighted by Crippen LogP contribution is 2.29. The van der Waals surface area contributed by atoms with E-state index in [4.69, 9.17) is 10.5 Å². The number of aryl methyl sites for hydroxylation is 1. The van der Waals surface area contributed by atoms with Gasteiger partial charge in [-0.05, 0) is 37.0 Å². The zero-order valence-electron chi connectivity index (χ0n) is 12.0. The maximum atomic E-state index is 11.6. The number of hydrogen-bond donors (Lipinski definition) is 2. The summed E-state index contributed by atoms with van der Waals surface area (Å²) in [6.45, 7) is 3.01. The fourth-order valence-corrected chi connectivity index (χ4v) is 2.56. The Morgan fingerprint density at radius 3 is 3.00 bits per heavy atom. The maximum Gasteiger partial charge on any atom is 0.325 e. The molecule has 0 fully saturated rings. The van der Waals surface area contributed by atoms with Crippen molar-refractivity contribution in [2.24, 2.45) is 5.73 Å². The van der Waals surface area contributed by atoms with Gasteiger partial charge in [0.2, 0.25) is 0 Å². The number of anilines is 1. The molecular weight excluding hydrogens is 256 g/mol. The normalized spacial score (nSPS) is 17.3. The second-order valence-electron chi connectivity index (χ2n) is 5.14. The molecule has 2 atom stereocenters. The highest BCUT2D eigenvalue weighted by Gasteiger charge is 2.26. The SMILES string of the molecule is CCOC(=O)C(N)C(O)c1ccc2c(c1)CCCN2C. The third-order valence-electron chi connectivity index (χ3n) is 3.69. The Bertz CT molecular complexity index is 490. The van der Waals surface area contributed by atoms with Gasteiger partial charge in [-0.15, -0.1) is 0 Å². The van der Waals surface area contributed by atoms with Gasteiger partial charge in [0.05, 0.1) is 6.61 Å². The summed E-state index contributed by atoms with van der Waals surface area (Å²) in [6, 6.07) is 4.69. The molecule has 1 aromatic carbocycles. The quantitative estimate of drug-likeness (QED) is 0.803. The topological polar surface area (TPSA) is 75.8 Å². The molecule has 1 heterocycles. The van der Waals surface area contributed by atoms with Crippen LogP contribution in [-0.4, -0.2) is 37.3 Å². The maximum absolute atomic E-state index is 11.6. The predicted molar refractivity (Wildman–Crippen MR) is 77.6 cm³/mol. The van der Waals surface area contributed by atoms with Gasteiger partial charge in [0.25, 0.3) is 0 Å². The van der Waals surface area contributed by atoms with Gasteiger partial charge in [-0.3, -0.25) is 4.79 Å². The number of aliphatic hydroxyl groups is 1. The van der Waals surface area contributed by atoms with Crippen LogP contribution in [0, 0.1) is 0 Å². The second kappa shape index (κ2) is 6.24. The lowest BCUT2D eigenvalue weighted by Gasteiger charge is -2.28. The zero-order valence-corrected chi connectivity index (χ0v) is 12.0. The van der Waals surface area contributed by atoms with Crippen LogP contribution < -0.4 is 10.6 Å². The molecule has 5 nitrogen and oxygen atoms in total. The molecule has 5 heteroatoms. The number of rotatable bonds is 4. The Balaban J connectivity index is 2.18. The molecule has 20 heavy (non-hydrogen) atoms. The minimum absolute atomic E-state index is 0.258. The van der Waals surface area contributed by atoms with Gasteiger partial charge in [0.1, 0.15) is 12.1 Å². The fourth-order valence-electron chi connectivity index (χ4n) is 2.56. The summed E-state index contributed by atoms with van der Waals surface area (Å²) in [6.07, 6.45) is 1.04. The number of nitrogens with two attached hydrogens (primary N) is 1. The van der Waals surface area contributed by atoms with Crippen LogP contribution >= 0.6 is 0 Å². The van der Waals surface area contributed by atoms with Crippen LogP contribution in [0.15, 0.2) is 18.2 Å². The van der Waals surface area contributed by atoms with Crippen LogP contribution in [0.5, 0.6) is 0 Å². The molecule has 110 valence electrons. The predicted octanol–water partition coefficient (Wildman–Crippen LogP) is 0.993. The van der Waals surface area contributed by atoms with E-state index in [1.807, 2.05) is 18.2 Å². The molecule has 2 unspecified atom stereocenters. The first-order chi connectivity index (χ1) is 9.54. The summed E-state index contributed by atoms with van der Waals surface area (Å²) in [7, 11) is 2.05. The van der Waals surface area contributed by atoms with Gasteiger partial charge in [0, 0.05) is 19.3 Å². The third kappa shape index (κ3) is 2.94. The van der Waals surface area contributed by atoms with E-state index in [1.165, 1.54) is 11.3 Å². The number of nitrogens with zero attached hydrogens (tertiary/aromatic N) is 1. The van der Waals surface area contributed by atoms with E-state index in [-0.39, 0.29) is 6.61 Å². The van der Waals surface area contributed by atoms with Crippen molar-refractivity contribution in [3.8, 4) is 0 Å². The fraction of sp³-hybridized carbons (Fsp3) is 0.533. The average Bonchev–Trinajstić information content (AvgIpc) is 2.46. The Hall–Kier alpha value is -1.59. The summed E-state index contributed by atoms with van der Waals surface area (Å²) >= 11 is 0. The van der Waals surface area contributed by atoms with Crippen LogP contribution in [0.4, 0.5) is 5.69 Å². The standard InChI is InChI=1S/C15H22N2O3/c1-3-20-15(19)13(16)14(18)11-6-7-12-10(9-11)5-4-8-17(12)2/h6-7,9,13-14,18H,3-5,8,16H2,1-2H3. The van der Waals surface area contributed by atoms with Crippen molar-refractivity contribution in [3.05, 3.63) is 29.3 Å². The first-order valence-corrected chi connectivity index (χ1v) is 6.98. The molecule has 0 radical (unpaired) electrons. The number of carbonyl (C=O) groups is 1. The van der Waals surface area contributed by atoms with Gasteiger partial charge in [-0.2, -0.15) is 0 Å². The number of ether oxygens (including phenoxy) is 1. The molecule has 0 saturated heterocycles. The highest BCUT2D eigenvalue weighted by atomic mass is 16.5. The number of esters is 1. The van der Waals surface area contributed by atoms with E-state index in [9.17, 15) is 9.90 Å². The highest BCUT2D eigenvalue weighted by molar-refractivity contribution is 5.76. The van der Waals surface area contributed by atoms with Gasteiger partial charge in [0.15, 0.2) is 0 Å². The Morgan fingerprint density at radius 2 is 2.30 bits per heavy atom. The number of fused-ring (bicyclic) bond motifs is 1. The molecule has 1 aliphatic rings.